The Kier molecular flexibility index (Phi) is 4.21. The maximum atomic E-state index is 13.6. The zero-order chi connectivity index (χ0) is 14.0. The third-order valence-electron chi connectivity index (χ3n) is 2.46. The minimum absolute atomic E-state index is 0.0924. The zero-order valence-electron chi connectivity index (χ0n) is 9.58. The van der Waals surface area contributed by atoms with Crippen LogP contribution in [0.1, 0.15) is 10.4 Å². The van der Waals surface area contributed by atoms with Crippen molar-refractivity contribution in [2.45, 2.75) is 0 Å². The fourth-order valence-corrected chi connectivity index (χ4v) is 2.36. The van der Waals surface area contributed by atoms with E-state index in [1.807, 2.05) is 0 Å². The van der Waals surface area contributed by atoms with Crippen molar-refractivity contribution >= 4 is 49.1 Å². The van der Waals surface area contributed by atoms with Gasteiger partial charge in [0.2, 0.25) is 0 Å². The van der Waals surface area contributed by atoms with E-state index in [9.17, 15) is 9.18 Å². The average Bonchev–Trinajstić information content (AvgIpc) is 2.33. The fraction of sp³-hybridized carbons (Fsp3) is 0. The Balaban J connectivity index is 2.31. The van der Waals surface area contributed by atoms with Gasteiger partial charge in [-0.3, -0.25) is 4.79 Å². The number of carbonyl (C=O) groups excluding carboxylic acids is 1. The van der Waals surface area contributed by atoms with Gasteiger partial charge in [0.25, 0.3) is 5.91 Å². The van der Waals surface area contributed by atoms with E-state index in [1.165, 1.54) is 6.07 Å². The molecule has 0 heterocycles. The van der Waals surface area contributed by atoms with Gasteiger partial charge < -0.3 is 11.1 Å². The molecule has 0 unspecified atom stereocenters. The molecular weight excluding hydrogens is 379 g/mol. The van der Waals surface area contributed by atoms with Gasteiger partial charge in [-0.25, -0.2) is 4.39 Å². The highest BCUT2D eigenvalue weighted by Gasteiger charge is 2.14. The van der Waals surface area contributed by atoms with E-state index in [4.69, 9.17) is 5.73 Å². The molecular formula is C13H9Br2FN2O. The molecule has 3 nitrogen and oxygen atoms in total. The minimum Gasteiger partial charge on any atom is -0.398 e. The molecule has 0 aromatic heterocycles. The Bertz CT molecular complexity index is 626. The number of nitrogen functional groups attached to an aromatic ring is 1. The summed E-state index contributed by atoms with van der Waals surface area (Å²) in [7, 11) is 0. The molecule has 3 N–H and O–H groups in total. The van der Waals surface area contributed by atoms with Gasteiger partial charge in [0.05, 0.1) is 11.3 Å². The molecule has 6 heteroatoms. The van der Waals surface area contributed by atoms with E-state index in [2.05, 4.69) is 37.2 Å². The van der Waals surface area contributed by atoms with E-state index in [0.29, 0.717) is 15.7 Å². The highest BCUT2D eigenvalue weighted by Crippen LogP contribution is 2.26. The van der Waals surface area contributed by atoms with Gasteiger partial charge in [0.15, 0.2) is 0 Å². The second kappa shape index (κ2) is 5.71. The topological polar surface area (TPSA) is 55.1 Å². The predicted octanol–water partition coefficient (Wildman–Crippen LogP) is 4.19. The summed E-state index contributed by atoms with van der Waals surface area (Å²) in [6.07, 6.45) is 0. The number of amides is 1. The van der Waals surface area contributed by atoms with Crippen LogP contribution in [-0.2, 0) is 0 Å². The van der Waals surface area contributed by atoms with Crippen LogP contribution < -0.4 is 11.1 Å². The Labute approximate surface area is 126 Å². The van der Waals surface area contributed by atoms with Crippen LogP contribution in [0.15, 0.2) is 45.3 Å². The summed E-state index contributed by atoms with van der Waals surface area (Å²) in [5.41, 5.74) is 6.46. The molecule has 2 aromatic carbocycles. The molecule has 98 valence electrons. The molecule has 0 aliphatic carbocycles. The Morgan fingerprint density at radius 2 is 1.95 bits per heavy atom. The number of para-hydroxylation sites is 1. The number of benzene rings is 2. The number of hydrogen-bond donors (Lipinski definition) is 2. The zero-order valence-corrected chi connectivity index (χ0v) is 12.8. The first-order valence-electron chi connectivity index (χ1n) is 5.29. The highest BCUT2D eigenvalue weighted by atomic mass is 79.9. The summed E-state index contributed by atoms with van der Waals surface area (Å²) in [5.74, 6) is -0.978. The summed E-state index contributed by atoms with van der Waals surface area (Å²) in [6.45, 7) is 0. The van der Waals surface area contributed by atoms with Crippen LogP contribution in [0.3, 0.4) is 0 Å². The van der Waals surface area contributed by atoms with Crippen LogP contribution >= 0.6 is 31.9 Å². The van der Waals surface area contributed by atoms with E-state index in [1.54, 1.807) is 30.3 Å². The van der Waals surface area contributed by atoms with Gasteiger partial charge in [0, 0.05) is 14.6 Å². The van der Waals surface area contributed by atoms with Crippen LogP contribution in [0.5, 0.6) is 0 Å². The lowest BCUT2D eigenvalue weighted by Crippen LogP contribution is -2.15. The van der Waals surface area contributed by atoms with Gasteiger partial charge in [-0.05, 0) is 46.3 Å². The van der Waals surface area contributed by atoms with Gasteiger partial charge in [-0.2, -0.15) is 0 Å². The molecule has 2 aromatic rings. The van der Waals surface area contributed by atoms with Crippen molar-refractivity contribution < 1.29 is 9.18 Å². The first-order chi connectivity index (χ1) is 8.99. The third kappa shape index (κ3) is 3.13. The molecule has 0 atom stereocenters. The standard InChI is InChI=1S/C13H9Br2FN2O/c14-7-4-5-8(11(17)6-7)13(19)18-12-9(15)2-1-3-10(12)16/h1-6H,17H2,(H,18,19). The summed E-state index contributed by atoms with van der Waals surface area (Å²) in [5, 5.41) is 2.50. The number of nitrogens with two attached hydrogens (primary N) is 1. The van der Waals surface area contributed by atoms with Crippen LogP contribution in [0, 0.1) is 5.82 Å². The van der Waals surface area contributed by atoms with Gasteiger partial charge in [0.1, 0.15) is 5.82 Å². The van der Waals surface area contributed by atoms with Crippen molar-refractivity contribution in [2.24, 2.45) is 0 Å². The first kappa shape index (κ1) is 14.0. The maximum absolute atomic E-state index is 13.6. The minimum atomic E-state index is -0.515. The largest absolute Gasteiger partial charge is 0.398 e. The molecule has 0 aliphatic rings. The number of nitrogens with one attached hydrogen (secondary N) is 1. The quantitative estimate of drug-likeness (QED) is 0.759. The van der Waals surface area contributed by atoms with Crippen LogP contribution in [-0.4, -0.2) is 5.91 Å². The first-order valence-corrected chi connectivity index (χ1v) is 6.88. The second-order valence-electron chi connectivity index (χ2n) is 3.78. The Morgan fingerprint density at radius 3 is 2.58 bits per heavy atom. The molecule has 19 heavy (non-hydrogen) atoms. The molecule has 0 fully saturated rings. The third-order valence-corrected chi connectivity index (χ3v) is 3.61. The van der Waals surface area contributed by atoms with Crippen molar-refractivity contribution in [3.05, 3.63) is 56.7 Å². The van der Waals surface area contributed by atoms with E-state index in [0.717, 1.165) is 4.47 Å². The Hall–Kier alpha value is -1.40. The Morgan fingerprint density at radius 1 is 1.21 bits per heavy atom. The summed E-state index contributed by atoms with van der Waals surface area (Å²) in [4.78, 5) is 12.1. The molecule has 2 rings (SSSR count). The van der Waals surface area contributed by atoms with Gasteiger partial charge >= 0.3 is 0 Å². The smallest absolute Gasteiger partial charge is 0.257 e. The maximum Gasteiger partial charge on any atom is 0.257 e. The van der Waals surface area contributed by atoms with Crippen molar-refractivity contribution in [3.63, 3.8) is 0 Å². The van der Waals surface area contributed by atoms with Gasteiger partial charge in [-0.1, -0.05) is 22.0 Å². The SMILES string of the molecule is Nc1cc(Br)ccc1C(=O)Nc1c(F)cccc1Br. The molecule has 0 aliphatic heterocycles. The summed E-state index contributed by atoms with van der Waals surface area (Å²) < 4.78 is 14.8. The highest BCUT2D eigenvalue weighted by molar-refractivity contribution is 9.10. The van der Waals surface area contributed by atoms with Gasteiger partial charge in [-0.15, -0.1) is 0 Å². The van der Waals surface area contributed by atoms with Crippen molar-refractivity contribution in [1.29, 1.82) is 0 Å². The number of hydrogen-bond acceptors (Lipinski definition) is 2. The molecule has 0 bridgehead atoms. The molecule has 0 spiro atoms. The average molecular weight is 388 g/mol. The summed E-state index contributed by atoms with van der Waals surface area (Å²) >= 11 is 6.44. The lowest BCUT2D eigenvalue weighted by Gasteiger charge is -2.10. The summed E-state index contributed by atoms with van der Waals surface area (Å²) in [6, 6.07) is 9.34. The lowest BCUT2D eigenvalue weighted by molar-refractivity contribution is 0.102. The number of halogens is 3. The molecule has 0 saturated heterocycles. The molecule has 1 amide bonds. The van der Waals surface area contributed by atoms with Crippen LogP contribution in [0.2, 0.25) is 0 Å². The normalized spacial score (nSPS) is 10.3. The van der Waals surface area contributed by atoms with E-state index < -0.39 is 11.7 Å². The number of anilines is 2. The lowest BCUT2D eigenvalue weighted by atomic mass is 10.1. The van der Waals surface area contributed by atoms with E-state index >= 15 is 0 Å². The monoisotopic (exact) mass is 386 g/mol. The van der Waals surface area contributed by atoms with E-state index in [-0.39, 0.29) is 5.69 Å². The number of rotatable bonds is 2. The van der Waals surface area contributed by atoms with Crippen LogP contribution in [0.25, 0.3) is 0 Å². The predicted molar refractivity (Wildman–Crippen MR) is 80.6 cm³/mol. The van der Waals surface area contributed by atoms with Crippen LogP contribution in [0.4, 0.5) is 15.8 Å². The fourth-order valence-electron chi connectivity index (χ4n) is 1.54. The molecule has 0 radical (unpaired) electrons. The van der Waals surface area contributed by atoms with Crippen molar-refractivity contribution in [2.75, 3.05) is 11.1 Å². The van der Waals surface area contributed by atoms with Crippen molar-refractivity contribution in [3.8, 4) is 0 Å². The number of carbonyl (C=O) groups is 1. The van der Waals surface area contributed by atoms with Crippen molar-refractivity contribution in [1.82, 2.24) is 0 Å². The second-order valence-corrected chi connectivity index (χ2v) is 5.55. The molecule has 0 saturated carbocycles.